The number of halogens is 4. The van der Waals surface area contributed by atoms with E-state index in [1.807, 2.05) is 0 Å². The van der Waals surface area contributed by atoms with Gasteiger partial charge in [-0.25, -0.2) is 4.79 Å². The summed E-state index contributed by atoms with van der Waals surface area (Å²) in [6.45, 7) is 0.00277. The summed E-state index contributed by atoms with van der Waals surface area (Å²) in [4.78, 5) is 24.6. The van der Waals surface area contributed by atoms with Gasteiger partial charge in [0.15, 0.2) is 6.04 Å². The zero-order valence-electron chi connectivity index (χ0n) is 11.5. The zero-order valence-corrected chi connectivity index (χ0v) is 13.1. The third kappa shape index (κ3) is 4.35. The predicted molar refractivity (Wildman–Crippen MR) is 74.1 cm³/mol. The number of rotatable bonds is 3. The number of hydrogen-bond acceptors (Lipinski definition) is 4. The Hall–Kier alpha value is -1.81. The summed E-state index contributed by atoms with van der Waals surface area (Å²) in [5.74, 6) is -2.54. The van der Waals surface area contributed by atoms with Gasteiger partial charge in [-0.2, -0.15) is 0 Å². The summed E-state index contributed by atoms with van der Waals surface area (Å²) in [6.07, 6.45) is -4.91. The Morgan fingerprint density at radius 3 is 2.70 bits per heavy atom. The number of carbonyl (C=O) groups is 2. The van der Waals surface area contributed by atoms with Crippen LogP contribution in [0.4, 0.5) is 13.2 Å². The summed E-state index contributed by atoms with van der Waals surface area (Å²) < 4.78 is 45.9. The smallest absolute Gasteiger partial charge is 0.480 e. The van der Waals surface area contributed by atoms with Crippen LogP contribution in [0, 0.1) is 0 Å². The van der Waals surface area contributed by atoms with E-state index in [4.69, 9.17) is 9.84 Å². The largest absolute Gasteiger partial charge is 0.573 e. The van der Waals surface area contributed by atoms with Crippen LogP contribution in [0.25, 0.3) is 0 Å². The Bertz CT molecular complexity index is 622. The number of ether oxygens (including phenoxy) is 2. The second kappa shape index (κ2) is 6.75. The lowest BCUT2D eigenvalue weighted by molar-refractivity contribution is -0.274. The van der Waals surface area contributed by atoms with Gasteiger partial charge in [-0.3, -0.25) is 4.79 Å². The lowest BCUT2D eigenvalue weighted by atomic mass is 10.1. The first-order valence-corrected chi connectivity index (χ1v) is 7.15. The summed E-state index contributed by atoms with van der Waals surface area (Å²) in [6, 6.07) is 2.23. The molecule has 1 aliphatic heterocycles. The van der Waals surface area contributed by atoms with Crippen molar-refractivity contribution in [1.82, 2.24) is 4.90 Å². The number of aliphatic carboxylic acids is 1. The monoisotopic (exact) mass is 397 g/mol. The van der Waals surface area contributed by atoms with E-state index in [0.29, 0.717) is 0 Å². The molecule has 0 bridgehead atoms. The van der Waals surface area contributed by atoms with E-state index in [1.54, 1.807) is 0 Å². The number of carboxylic acid groups (broad SMARTS) is 1. The van der Waals surface area contributed by atoms with Crippen LogP contribution in [0.3, 0.4) is 0 Å². The maximum atomic E-state index is 12.4. The molecule has 0 spiro atoms. The Morgan fingerprint density at radius 2 is 2.09 bits per heavy atom. The van der Waals surface area contributed by atoms with Gasteiger partial charge < -0.3 is 19.5 Å². The van der Waals surface area contributed by atoms with Crippen molar-refractivity contribution >= 4 is 27.8 Å². The molecular weight excluding hydrogens is 387 g/mol. The van der Waals surface area contributed by atoms with Gasteiger partial charge in [0, 0.05) is 12.1 Å². The Balaban J connectivity index is 2.28. The molecule has 2 rings (SSSR count). The van der Waals surface area contributed by atoms with Gasteiger partial charge in [-0.15, -0.1) is 13.2 Å². The number of benzene rings is 1. The summed E-state index contributed by atoms with van der Waals surface area (Å²) in [5.41, 5.74) is -0.111. The minimum absolute atomic E-state index is 0.0168. The fourth-order valence-electron chi connectivity index (χ4n) is 2.06. The van der Waals surface area contributed by atoms with Crippen LogP contribution < -0.4 is 4.74 Å². The van der Waals surface area contributed by atoms with Crippen LogP contribution in [0.2, 0.25) is 0 Å². The van der Waals surface area contributed by atoms with Crippen LogP contribution >= 0.6 is 15.9 Å². The fourth-order valence-corrected chi connectivity index (χ4v) is 2.38. The standard InChI is InChI=1S/C13H11BrF3NO5/c14-8-2-1-7(5-10(8)23-13(15,16)17)11(19)18-3-4-22-6-9(18)12(20)21/h1-2,5,9H,3-4,6H2,(H,20,21). The van der Waals surface area contributed by atoms with Crippen LogP contribution in [0.1, 0.15) is 10.4 Å². The highest BCUT2D eigenvalue weighted by molar-refractivity contribution is 9.10. The number of nitrogens with zero attached hydrogens (tertiary/aromatic N) is 1. The molecule has 1 saturated heterocycles. The molecule has 1 aromatic rings. The molecule has 0 radical (unpaired) electrons. The Labute approximate surface area is 136 Å². The molecule has 1 amide bonds. The average Bonchev–Trinajstić information content (AvgIpc) is 2.47. The van der Waals surface area contributed by atoms with E-state index < -0.39 is 30.0 Å². The van der Waals surface area contributed by atoms with E-state index >= 15 is 0 Å². The van der Waals surface area contributed by atoms with Crippen molar-refractivity contribution in [1.29, 1.82) is 0 Å². The average molecular weight is 398 g/mol. The van der Waals surface area contributed by atoms with E-state index in [0.717, 1.165) is 11.0 Å². The topological polar surface area (TPSA) is 76.1 Å². The van der Waals surface area contributed by atoms with Crippen molar-refractivity contribution in [3.8, 4) is 5.75 Å². The number of amides is 1. The van der Waals surface area contributed by atoms with E-state index in [9.17, 15) is 22.8 Å². The summed E-state index contributed by atoms with van der Waals surface area (Å²) >= 11 is 2.90. The highest BCUT2D eigenvalue weighted by atomic mass is 79.9. The molecule has 0 aromatic heterocycles. The Morgan fingerprint density at radius 1 is 1.39 bits per heavy atom. The fraction of sp³-hybridized carbons (Fsp3) is 0.385. The van der Waals surface area contributed by atoms with Gasteiger partial charge in [0.2, 0.25) is 0 Å². The molecule has 1 aromatic carbocycles. The molecule has 1 heterocycles. The van der Waals surface area contributed by atoms with Gasteiger partial charge in [0.1, 0.15) is 5.75 Å². The molecule has 1 N–H and O–H groups in total. The van der Waals surface area contributed by atoms with Crippen molar-refractivity contribution < 1.29 is 37.3 Å². The maximum absolute atomic E-state index is 12.4. The molecule has 0 aliphatic carbocycles. The molecule has 1 fully saturated rings. The van der Waals surface area contributed by atoms with Crippen molar-refractivity contribution in [2.75, 3.05) is 19.8 Å². The normalized spacial score (nSPS) is 18.6. The van der Waals surface area contributed by atoms with E-state index in [1.165, 1.54) is 12.1 Å². The summed E-state index contributed by atoms with van der Waals surface area (Å²) in [5, 5.41) is 9.10. The number of carbonyl (C=O) groups excluding carboxylic acids is 1. The first-order valence-electron chi connectivity index (χ1n) is 6.36. The number of hydrogen-bond donors (Lipinski definition) is 1. The van der Waals surface area contributed by atoms with Crippen LogP contribution in [0.5, 0.6) is 5.75 Å². The third-order valence-electron chi connectivity index (χ3n) is 3.08. The van der Waals surface area contributed by atoms with Crippen LogP contribution in [0.15, 0.2) is 22.7 Å². The molecule has 1 unspecified atom stereocenters. The third-order valence-corrected chi connectivity index (χ3v) is 3.73. The molecule has 126 valence electrons. The molecule has 6 nitrogen and oxygen atoms in total. The number of morpholine rings is 1. The minimum atomic E-state index is -4.91. The SMILES string of the molecule is O=C(O)C1COCCN1C(=O)c1ccc(Br)c(OC(F)(F)F)c1. The first kappa shape index (κ1) is 17.5. The molecular formula is C13H11BrF3NO5. The van der Waals surface area contributed by atoms with Gasteiger partial charge in [0.25, 0.3) is 5.91 Å². The van der Waals surface area contributed by atoms with Gasteiger partial charge in [-0.1, -0.05) is 0 Å². The molecule has 0 saturated carbocycles. The zero-order chi connectivity index (χ0) is 17.2. The van der Waals surface area contributed by atoms with Crippen molar-refractivity contribution in [2.24, 2.45) is 0 Å². The number of carboxylic acids is 1. The quantitative estimate of drug-likeness (QED) is 0.846. The van der Waals surface area contributed by atoms with Crippen LogP contribution in [-0.4, -0.2) is 54.0 Å². The second-order valence-corrected chi connectivity index (χ2v) is 5.47. The maximum Gasteiger partial charge on any atom is 0.573 e. The highest BCUT2D eigenvalue weighted by Gasteiger charge is 2.35. The van der Waals surface area contributed by atoms with Crippen molar-refractivity contribution in [2.45, 2.75) is 12.4 Å². The van der Waals surface area contributed by atoms with Gasteiger partial charge >= 0.3 is 12.3 Å². The number of alkyl halides is 3. The van der Waals surface area contributed by atoms with Crippen LogP contribution in [-0.2, 0) is 9.53 Å². The van der Waals surface area contributed by atoms with Crippen molar-refractivity contribution in [3.05, 3.63) is 28.2 Å². The lowest BCUT2D eigenvalue weighted by Crippen LogP contribution is -2.52. The lowest BCUT2D eigenvalue weighted by Gasteiger charge is -2.33. The highest BCUT2D eigenvalue weighted by Crippen LogP contribution is 2.31. The molecule has 1 aliphatic rings. The Kier molecular flexibility index (Phi) is 5.15. The first-order chi connectivity index (χ1) is 10.7. The van der Waals surface area contributed by atoms with Gasteiger partial charge in [-0.05, 0) is 34.1 Å². The van der Waals surface area contributed by atoms with Crippen molar-refractivity contribution in [3.63, 3.8) is 0 Å². The van der Waals surface area contributed by atoms with E-state index in [2.05, 4.69) is 20.7 Å². The summed E-state index contributed by atoms with van der Waals surface area (Å²) in [7, 11) is 0. The molecule has 10 heteroatoms. The predicted octanol–water partition coefficient (Wildman–Crippen LogP) is 2.27. The van der Waals surface area contributed by atoms with E-state index in [-0.39, 0.29) is 29.8 Å². The molecule has 23 heavy (non-hydrogen) atoms. The van der Waals surface area contributed by atoms with Gasteiger partial charge in [0.05, 0.1) is 17.7 Å². The minimum Gasteiger partial charge on any atom is -0.480 e. The second-order valence-electron chi connectivity index (χ2n) is 4.62. The molecule has 1 atom stereocenters.